The topological polar surface area (TPSA) is 51.2 Å². The number of hydrogen-bond acceptors (Lipinski definition) is 3. The Bertz CT molecular complexity index is 412. The van der Waals surface area contributed by atoms with Gasteiger partial charge in [-0.05, 0) is 31.9 Å². The van der Waals surface area contributed by atoms with Gasteiger partial charge in [-0.25, -0.2) is 0 Å². The van der Waals surface area contributed by atoms with Crippen molar-refractivity contribution < 1.29 is 9.53 Å². The van der Waals surface area contributed by atoms with Crippen molar-refractivity contribution in [3.05, 3.63) is 35.9 Å². The minimum atomic E-state index is -0.0924. The first-order valence-corrected chi connectivity index (χ1v) is 5.31. The molecule has 4 nitrogen and oxygen atoms in total. The summed E-state index contributed by atoms with van der Waals surface area (Å²) in [5, 5.41) is 2.80. The number of rotatable bonds is 2. The van der Waals surface area contributed by atoms with Gasteiger partial charge in [0.25, 0.3) is 5.91 Å². The second-order valence-corrected chi connectivity index (χ2v) is 3.68. The molecule has 1 aromatic rings. The number of amides is 1. The van der Waals surface area contributed by atoms with E-state index in [1.807, 2.05) is 13.0 Å². The zero-order chi connectivity index (χ0) is 11.4. The Hall–Kier alpha value is -1.84. The number of aromatic nitrogens is 1. The van der Waals surface area contributed by atoms with Crippen LogP contribution in [0.15, 0.2) is 35.9 Å². The third-order valence-corrected chi connectivity index (χ3v) is 2.51. The van der Waals surface area contributed by atoms with E-state index in [0.29, 0.717) is 12.3 Å². The number of ether oxygens (including phenoxy) is 1. The van der Waals surface area contributed by atoms with E-state index in [0.717, 1.165) is 24.2 Å². The van der Waals surface area contributed by atoms with Gasteiger partial charge >= 0.3 is 0 Å². The van der Waals surface area contributed by atoms with Gasteiger partial charge in [0.15, 0.2) is 0 Å². The smallest absolute Gasteiger partial charge is 0.254 e. The zero-order valence-corrected chi connectivity index (χ0v) is 9.19. The highest BCUT2D eigenvalue weighted by Crippen LogP contribution is 2.20. The zero-order valence-electron chi connectivity index (χ0n) is 9.19. The molecule has 0 atom stereocenters. The molecule has 0 aliphatic carbocycles. The molecule has 1 amide bonds. The number of nitrogens with one attached hydrogen (secondary N) is 1. The minimum Gasteiger partial charge on any atom is -0.498 e. The van der Waals surface area contributed by atoms with Gasteiger partial charge in [0.2, 0.25) is 0 Å². The van der Waals surface area contributed by atoms with Gasteiger partial charge < -0.3 is 10.1 Å². The largest absolute Gasteiger partial charge is 0.498 e. The minimum absolute atomic E-state index is 0.0924. The molecule has 0 radical (unpaired) electrons. The lowest BCUT2D eigenvalue weighted by atomic mass is 10.1. The van der Waals surface area contributed by atoms with Gasteiger partial charge in [-0.15, -0.1) is 0 Å². The SMILES string of the molecule is CC1=C(C(=O)Nc2cccnc2)CCCO1. The van der Waals surface area contributed by atoms with Crippen molar-refractivity contribution in [3.63, 3.8) is 0 Å². The fourth-order valence-corrected chi connectivity index (χ4v) is 1.65. The average molecular weight is 218 g/mol. The summed E-state index contributed by atoms with van der Waals surface area (Å²) in [6, 6.07) is 3.60. The van der Waals surface area contributed by atoms with Gasteiger partial charge in [0, 0.05) is 6.20 Å². The second kappa shape index (κ2) is 4.79. The first kappa shape index (κ1) is 10.7. The molecule has 1 aliphatic heterocycles. The van der Waals surface area contributed by atoms with Gasteiger partial charge in [-0.3, -0.25) is 9.78 Å². The molecular formula is C12H14N2O2. The normalized spacial score (nSPS) is 15.6. The Morgan fingerprint density at radius 1 is 1.56 bits per heavy atom. The molecule has 0 bridgehead atoms. The van der Waals surface area contributed by atoms with Crippen molar-refractivity contribution in [2.75, 3.05) is 11.9 Å². The Morgan fingerprint density at radius 3 is 3.12 bits per heavy atom. The molecular weight excluding hydrogens is 204 g/mol. The molecule has 2 heterocycles. The maximum Gasteiger partial charge on any atom is 0.254 e. The summed E-state index contributed by atoms with van der Waals surface area (Å²) in [5.74, 6) is 0.637. The lowest BCUT2D eigenvalue weighted by Gasteiger charge is -2.18. The number of carbonyl (C=O) groups is 1. The predicted molar refractivity (Wildman–Crippen MR) is 60.8 cm³/mol. The van der Waals surface area contributed by atoms with Crippen molar-refractivity contribution in [3.8, 4) is 0 Å². The fraction of sp³-hybridized carbons (Fsp3) is 0.333. The summed E-state index contributed by atoms with van der Waals surface area (Å²) >= 11 is 0. The number of nitrogens with zero attached hydrogens (tertiary/aromatic N) is 1. The van der Waals surface area contributed by atoms with Crippen LogP contribution >= 0.6 is 0 Å². The number of carbonyl (C=O) groups excluding carboxylic acids is 1. The molecule has 4 heteroatoms. The molecule has 0 spiro atoms. The van der Waals surface area contributed by atoms with Crippen molar-refractivity contribution in [2.45, 2.75) is 19.8 Å². The van der Waals surface area contributed by atoms with Crippen molar-refractivity contribution in [1.82, 2.24) is 4.98 Å². The van der Waals surface area contributed by atoms with Crippen molar-refractivity contribution in [1.29, 1.82) is 0 Å². The Kier molecular flexibility index (Phi) is 3.19. The van der Waals surface area contributed by atoms with E-state index >= 15 is 0 Å². The first-order chi connectivity index (χ1) is 7.77. The average Bonchev–Trinajstić information content (AvgIpc) is 2.31. The summed E-state index contributed by atoms with van der Waals surface area (Å²) in [4.78, 5) is 15.8. The molecule has 1 aliphatic rings. The molecule has 0 unspecified atom stereocenters. The highest BCUT2D eigenvalue weighted by Gasteiger charge is 2.17. The van der Waals surface area contributed by atoms with Crippen LogP contribution in [0.3, 0.4) is 0 Å². The Labute approximate surface area is 94.3 Å². The van der Waals surface area contributed by atoms with Crippen LogP contribution in [-0.4, -0.2) is 17.5 Å². The van der Waals surface area contributed by atoms with E-state index in [4.69, 9.17) is 4.74 Å². The van der Waals surface area contributed by atoms with Gasteiger partial charge in [0.1, 0.15) is 5.76 Å². The molecule has 1 aromatic heterocycles. The molecule has 0 aromatic carbocycles. The van der Waals surface area contributed by atoms with Gasteiger partial charge in [-0.2, -0.15) is 0 Å². The maximum absolute atomic E-state index is 11.9. The third kappa shape index (κ3) is 2.39. The van der Waals surface area contributed by atoms with Crippen LogP contribution in [0.1, 0.15) is 19.8 Å². The predicted octanol–water partition coefficient (Wildman–Crippen LogP) is 2.10. The second-order valence-electron chi connectivity index (χ2n) is 3.68. The lowest BCUT2D eigenvalue weighted by Crippen LogP contribution is -2.19. The summed E-state index contributed by atoms with van der Waals surface area (Å²) in [6.07, 6.45) is 4.96. The number of allylic oxidation sites excluding steroid dienone is 1. The van der Waals surface area contributed by atoms with Crippen LogP contribution in [-0.2, 0) is 9.53 Å². The van der Waals surface area contributed by atoms with Crippen LogP contribution < -0.4 is 5.32 Å². The van der Waals surface area contributed by atoms with Crippen molar-refractivity contribution >= 4 is 11.6 Å². The monoisotopic (exact) mass is 218 g/mol. The van der Waals surface area contributed by atoms with E-state index in [9.17, 15) is 4.79 Å². The molecule has 0 saturated carbocycles. The number of anilines is 1. The highest BCUT2D eigenvalue weighted by molar-refractivity contribution is 6.03. The Morgan fingerprint density at radius 2 is 2.44 bits per heavy atom. The molecule has 0 saturated heterocycles. The Balaban J connectivity index is 2.09. The van der Waals surface area contributed by atoms with E-state index in [-0.39, 0.29) is 5.91 Å². The van der Waals surface area contributed by atoms with Crippen LogP contribution in [0.25, 0.3) is 0 Å². The fourth-order valence-electron chi connectivity index (χ4n) is 1.65. The first-order valence-electron chi connectivity index (χ1n) is 5.31. The summed E-state index contributed by atoms with van der Waals surface area (Å²) in [6.45, 7) is 2.53. The van der Waals surface area contributed by atoms with Crippen LogP contribution in [0.2, 0.25) is 0 Å². The summed E-state index contributed by atoms with van der Waals surface area (Å²) in [5.41, 5.74) is 1.44. The van der Waals surface area contributed by atoms with Crippen LogP contribution in [0.4, 0.5) is 5.69 Å². The highest BCUT2D eigenvalue weighted by atomic mass is 16.5. The quantitative estimate of drug-likeness (QED) is 0.827. The van der Waals surface area contributed by atoms with Crippen LogP contribution in [0, 0.1) is 0 Å². The lowest BCUT2D eigenvalue weighted by molar-refractivity contribution is -0.113. The molecule has 2 rings (SSSR count). The standard InChI is InChI=1S/C12H14N2O2/c1-9-11(5-3-7-16-9)12(15)14-10-4-2-6-13-8-10/h2,4,6,8H,3,5,7H2,1H3,(H,14,15). The maximum atomic E-state index is 11.9. The summed E-state index contributed by atoms with van der Waals surface area (Å²) < 4.78 is 5.35. The van der Waals surface area contributed by atoms with E-state index in [2.05, 4.69) is 10.3 Å². The van der Waals surface area contributed by atoms with E-state index < -0.39 is 0 Å². The van der Waals surface area contributed by atoms with E-state index in [1.165, 1.54) is 0 Å². The molecule has 0 fully saturated rings. The van der Waals surface area contributed by atoms with Gasteiger partial charge in [0.05, 0.1) is 24.1 Å². The molecule has 1 N–H and O–H groups in total. The number of pyridine rings is 1. The third-order valence-electron chi connectivity index (χ3n) is 2.51. The molecule has 16 heavy (non-hydrogen) atoms. The van der Waals surface area contributed by atoms with Gasteiger partial charge in [-0.1, -0.05) is 0 Å². The van der Waals surface area contributed by atoms with Crippen molar-refractivity contribution in [2.24, 2.45) is 0 Å². The van der Waals surface area contributed by atoms with Crippen LogP contribution in [0.5, 0.6) is 0 Å². The summed E-state index contributed by atoms with van der Waals surface area (Å²) in [7, 11) is 0. The van der Waals surface area contributed by atoms with E-state index in [1.54, 1.807) is 18.5 Å². The molecule has 84 valence electrons. The number of hydrogen-bond donors (Lipinski definition) is 1.